The van der Waals surface area contributed by atoms with Gasteiger partial charge in [0.15, 0.2) is 12.1 Å². The number of hydrogen-bond acceptors (Lipinski definition) is 7. The molecule has 2 aliphatic rings. The van der Waals surface area contributed by atoms with Crippen molar-refractivity contribution in [2.45, 2.75) is 6.23 Å². The zero-order valence-electron chi connectivity index (χ0n) is 14.7. The van der Waals surface area contributed by atoms with E-state index >= 15 is 0 Å². The summed E-state index contributed by atoms with van der Waals surface area (Å²) in [6.07, 6.45) is 7.12. The summed E-state index contributed by atoms with van der Waals surface area (Å²) in [5.41, 5.74) is 0.833. The summed E-state index contributed by atoms with van der Waals surface area (Å²) in [7, 11) is 0. The third kappa shape index (κ3) is 4.54. The van der Waals surface area contributed by atoms with E-state index in [4.69, 9.17) is 0 Å². The summed E-state index contributed by atoms with van der Waals surface area (Å²) in [5.74, 6) is -2.21. The number of carbonyl (C=O) groups is 4. The van der Waals surface area contributed by atoms with Crippen LogP contribution in [0.1, 0.15) is 5.56 Å². The van der Waals surface area contributed by atoms with Gasteiger partial charge >= 0.3 is 12.1 Å². The summed E-state index contributed by atoms with van der Waals surface area (Å²) in [6.45, 7) is 0. The fourth-order valence-electron chi connectivity index (χ4n) is 2.49. The van der Waals surface area contributed by atoms with Gasteiger partial charge in [-0.2, -0.15) is 0 Å². The van der Waals surface area contributed by atoms with Crippen LogP contribution < -0.4 is 21.3 Å². The van der Waals surface area contributed by atoms with Crippen molar-refractivity contribution in [3.05, 3.63) is 71.4 Å². The number of allylic oxidation sites excluding steroid dienone is 4. The number of nitrogens with zero attached hydrogens (tertiary/aromatic N) is 1. The molecule has 0 radical (unpaired) electrons. The first kappa shape index (κ1) is 19.5. The van der Waals surface area contributed by atoms with Gasteiger partial charge in [-0.25, -0.2) is 9.59 Å². The van der Waals surface area contributed by atoms with Gasteiger partial charge in [0.05, 0.1) is 5.57 Å². The van der Waals surface area contributed by atoms with Crippen LogP contribution in [0, 0.1) is 0 Å². The molecule has 1 unspecified atom stereocenters. The van der Waals surface area contributed by atoms with Crippen molar-refractivity contribution >= 4 is 29.4 Å². The molecule has 1 fully saturated rings. The molecule has 1 aromatic heterocycles. The Morgan fingerprint density at radius 3 is 2.28 bits per heavy atom. The molecule has 0 aromatic carbocycles. The molecule has 1 saturated heterocycles. The van der Waals surface area contributed by atoms with Crippen LogP contribution in [0.15, 0.2) is 65.9 Å². The first-order valence-corrected chi connectivity index (χ1v) is 8.21. The predicted octanol–water partition coefficient (Wildman–Crippen LogP) is -0.286. The van der Waals surface area contributed by atoms with Crippen molar-refractivity contribution in [2.24, 2.45) is 0 Å². The highest BCUT2D eigenvalue weighted by Gasteiger charge is 2.27. The van der Waals surface area contributed by atoms with Crippen LogP contribution in [0.25, 0.3) is 5.57 Å². The van der Waals surface area contributed by atoms with Crippen LogP contribution in [0.4, 0.5) is 9.59 Å². The third-order valence-corrected chi connectivity index (χ3v) is 3.90. The molecule has 0 spiro atoms. The highest BCUT2D eigenvalue weighted by atomic mass is 16.3. The lowest BCUT2D eigenvalue weighted by Gasteiger charge is -2.21. The summed E-state index contributed by atoms with van der Waals surface area (Å²) >= 11 is 0. The second-order valence-electron chi connectivity index (χ2n) is 5.81. The molecule has 0 aliphatic carbocycles. The van der Waals surface area contributed by atoms with Crippen molar-refractivity contribution in [2.75, 3.05) is 0 Å². The molecule has 148 valence electrons. The molecule has 0 saturated carbocycles. The SMILES string of the molecule is O=C1NC(=O)C(=CC=C(C=CC2=C(O)NC(=O)NC2O)c2ccncc2)C(=O)N1. The maximum absolute atomic E-state index is 11.8. The molecule has 3 rings (SSSR count). The van der Waals surface area contributed by atoms with Crippen molar-refractivity contribution < 1.29 is 29.4 Å². The van der Waals surface area contributed by atoms with Crippen LogP contribution in [0.3, 0.4) is 0 Å². The summed E-state index contributed by atoms with van der Waals surface area (Å²) in [6, 6.07) is 1.65. The van der Waals surface area contributed by atoms with E-state index in [2.05, 4.69) is 15.6 Å². The average molecular weight is 397 g/mol. The zero-order valence-corrected chi connectivity index (χ0v) is 14.7. The number of rotatable bonds is 4. The lowest BCUT2D eigenvalue weighted by atomic mass is 10.0. The van der Waals surface area contributed by atoms with Crippen LogP contribution in [-0.2, 0) is 9.59 Å². The number of barbiturate groups is 1. The van der Waals surface area contributed by atoms with Gasteiger partial charge in [0.2, 0.25) is 0 Å². The van der Waals surface area contributed by atoms with Crippen LogP contribution in [0.2, 0.25) is 0 Å². The first-order valence-electron chi connectivity index (χ1n) is 8.21. The molecule has 6 amide bonds. The largest absolute Gasteiger partial charge is 0.494 e. The Balaban J connectivity index is 1.97. The Kier molecular flexibility index (Phi) is 5.51. The van der Waals surface area contributed by atoms with E-state index in [1.807, 2.05) is 10.6 Å². The summed E-state index contributed by atoms with van der Waals surface area (Å²) in [5, 5.41) is 28.0. The molecule has 1 aromatic rings. The number of aromatic nitrogens is 1. The second-order valence-corrected chi connectivity index (χ2v) is 5.81. The number of carbonyl (C=O) groups excluding carboxylic acids is 4. The van der Waals surface area contributed by atoms with Crippen LogP contribution >= 0.6 is 0 Å². The molecule has 2 aliphatic heterocycles. The Morgan fingerprint density at radius 2 is 1.66 bits per heavy atom. The van der Waals surface area contributed by atoms with Gasteiger partial charge in [0, 0.05) is 12.4 Å². The normalized spacial score (nSPS) is 20.2. The Morgan fingerprint density at radius 1 is 1.00 bits per heavy atom. The minimum atomic E-state index is -1.43. The minimum absolute atomic E-state index is 0.00374. The Hall–Kier alpha value is -4.25. The zero-order chi connectivity index (χ0) is 21.0. The van der Waals surface area contributed by atoms with E-state index in [1.54, 1.807) is 12.1 Å². The summed E-state index contributed by atoms with van der Waals surface area (Å²) < 4.78 is 0. The molecule has 11 heteroatoms. The van der Waals surface area contributed by atoms with E-state index in [9.17, 15) is 29.4 Å². The van der Waals surface area contributed by atoms with Crippen LogP contribution in [0.5, 0.6) is 0 Å². The maximum Gasteiger partial charge on any atom is 0.328 e. The second kappa shape index (κ2) is 8.19. The van der Waals surface area contributed by atoms with Gasteiger partial charge in [0.25, 0.3) is 11.8 Å². The lowest BCUT2D eigenvalue weighted by Crippen LogP contribution is -2.51. The highest BCUT2D eigenvalue weighted by Crippen LogP contribution is 2.19. The Bertz CT molecular complexity index is 987. The van der Waals surface area contributed by atoms with Gasteiger partial charge in [-0.3, -0.25) is 30.5 Å². The number of aliphatic hydroxyl groups excluding tert-OH is 2. The quantitative estimate of drug-likeness (QED) is 0.230. The number of aliphatic hydroxyl groups is 2. The minimum Gasteiger partial charge on any atom is -0.494 e. The van der Waals surface area contributed by atoms with Gasteiger partial charge in [-0.15, -0.1) is 0 Å². The first-order chi connectivity index (χ1) is 13.8. The standard InChI is InChI=1S/C18H15N5O6/c24-13-11(14(25)21-17(28)20-13)3-1-9(10-5-7-19-8-6-10)2-4-12-15(26)22-18(29)23-16(12)27/h1-8,13,24-25H,(H2,20,21,28)(H2,22,23,26,27,29). The summed E-state index contributed by atoms with van der Waals surface area (Å²) in [4.78, 5) is 50.0. The maximum atomic E-state index is 11.8. The molecule has 6 N–H and O–H groups in total. The molecular weight excluding hydrogens is 382 g/mol. The molecule has 29 heavy (non-hydrogen) atoms. The third-order valence-electron chi connectivity index (χ3n) is 3.90. The van der Waals surface area contributed by atoms with Gasteiger partial charge in [-0.05, 0) is 35.4 Å². The molecule has 3 heterocycles. The predicted molar refractivity (Wildman–Crippen MR) is 98.4 cm³/mol. The molecule has 1 atom stereocenters. The van der Waals surface area contributed by atoms with E-state index in [1.165, 1.54) is 36.7 Å². The smallest absolute Gasteiger partial charge is 0.328 e. The number of urea groups is 2. The van der Waals surface area contributed by atoms with E-state index in [0.717, 1.165) is 0 Å². The van der Waals surface area contributed by atoms with Crippen molar-refractivity contribution in [1.29, 1.82) is 0 Å². The number of hydrogen-bond donors (Lipinski definition) is 6. The van der Waals surface area contributed by atoms with Crippen molar-refractivity contribution in [3.8, 4) is 0 Å². The number of amides is 6. The van der Waals surface area contributed by atoms with E-state index in [-0.39, 0.29) is 11.1 Å². The van der Waals surface area contributed by atoms with Gasteiger partial charge in [-0.1, -0.05) is 12.2 Å². The molecular formula is C18H15N5O6. The average Bonchev–Trinajstić information content (AvgIpc) is 2.65. The fourth-order valence-corrected chi connectivity index (χ4v) is 2.49. The van der Waals surface area contributed by atoms with E-state index < -0.39 is 36.0 Å². The van der Waals surface area contributed by atoms with Gasteiger partial charge in [0.1, 0.15) is 5.57 Å². The fraction of sp³-hybridized carbons (Fsp3) is 0.0556. The van der Waals surface area contributed by atoms with Crippen molar-refractivity contribution in [1.82, 2.24) is 26.3 Å². The number of imide groups is 2. The van der Waals surface area contributed by atoms with Crippen LogP contribution in [-0.4, -0.2) is 45.3 Å². The number of pyridine rings is 1. The van der Waals surface area contributed by atoms with Crippen molar-refractivity contribution in [3.63, 3.8) is 0 Å². The van der Waals surface area contributed by atoms with E-state index in [0.29, 0.717) is 11.1 Å². The monoisotopic (exact) mass is 397 g/mol. The molecule has 0 bridgehead atoms. The Labute approximate surface area is 163 Å². The lowest BCUT2D eigenvalue weighted by molar-refractivity contribution is -0.124. The molecule has 11 nitrogen and oxygen atoms in total. The van der Waals surface area contributed by atoms with Gasteiger partial charge < -0.3 is 15.5 Å². The topological polar surface area (TPSA) is 170 Å². The number of nitrogens with one attached hydrogen (secondary N) is 4. The highest BCUT2D eigenvalue weighted by molar-refractivity contribution is 6.29.